The van der Waals surface area contributed by atoms with Crippen LogP contribution in [-0.4, -0.2) is 68.8 Å². The van der Waals surface area contributed by atoms with Crippen molar-refractivity contribution in [3.8, 4) is 5.75 Å². The number of hydrogen-bond acceptors (Lipinski definition) is 6. The summed E-state index contributed by atoms with van der Waals surface area (Å²) in [7, 11) is 0. The Morgan fingerprint density at radius 3 is 2.39 bits per heavy atom. The molecule has 2 aliphatic rings. The van der Waals surface area contributed by atoms with Gasteiger partial charge in [0.1, 0.15) is 18.4 Å². The lowest BCUT2D eigenvalue weighted by Crippen LogP contribution is -2.74. The van der Waals surface area contributed by atoms with Crippen molar-refractivity contribution in [1.82, 2.24) is 14.9 Å². The second kappa shape index (κ2) is 11.8. The molecule has 9 heteroatoms. The van der Waals surface area contributed by atoms with Crippen LogP contribution in [0.5, 0.6) is 5.75 Å². The number of carbonyl (C=O) groups excluding carboxylic acids is 3. The van der Waals surface area contributed by atoms with E-state index in [1.807, 2.05) is 70.2 Å². The molecule has 0 aromatic heterocycles. The van der Waals surface area contributed by atoms with Gasteiger partial charge < -0.3 is 19.6 Å². The number of phenols is 1. The number of aromatic hydroxyl groups is 1. The van der Waals surface area contributed by atoms with E-state index in [0.29, 0.717) is 6.42 Å². The Kier molecular flexibility index (Phi) is 8.17. The van der Waals surface area contributed by atoms with Crippen molar-refractivity contribution in [2.75, 3.05) is 6.54 Å². The normalized spacial score (nSPS) is 21.1. The summed E-state index contributed by atoms with van der Waals surface area (Å²) in [6.07, 6.45) is -1.89. The molecule has 3 atom stereocenters. The van der Waals surface area contributed by atoms with Crippen LogP contribution in [0.2, 0.25) is 0 Å². The quantitative estimate of drug-likeness (QED) is 0.444. The van der Waals surface area contributed by atoms with Crippen LogP contribution in [0, 0.1) is 5.92 Å². The highest BCUT2D eigenvalue weighted by Gasteiger charge is 2.53. The minimum atomic E-state index is -0.933. The van der Waals surface area contributed by atoms with Gasteiger partial charge in [-0.05, 0) is 60.2 Å². The van der Waals surface area contributed by atoms with Crippen molar-refractivity contribution in [2.24, 2.45) is 5.92 Å². The molecule has 5 rings (SSSR count). The first-order chi connectivity index (χ1) is 19.6. The summed E-state index contributed by atoms with van der Waals surface area (Å²) in [6.45, 7) is 7.89. The molecule has 1 N–H and O–H groups in total. The minimum absolute atomic E-state index is 0.0271. The smallest absolute Gasteiger partial charge is 0.436 e. The highest BCUT2D eigenvalue weighted by molar-refractivity contribution is 5.92. The Bertz CT molecular complexity index is 1420. The van der Waals surface area contributed by atoms with Crippen molar-refractivity contribution >= 4 is 28.7 Å². The van der Waals surface area contributed by atoms with E-state index in [1.165, 1.54) is 4.90 Å². The molecule has 0 spiro atoms. The van der Waals surface area contributed by atoms with E-state index in [0.717, 1.165) is 27.0 Å². The SMILES string of the molecule is CC(C)C[C@@H]1ON(C(=O)OCc2cccc3ccccc23)[C@H]2CN(C(C)C)C(=O)[C@H](Cc3ccc(O)cc3)N2C1=O. The summed E-state index contributed by atoms with van der Waals surface area (Å²) >= 11 is 0. The van der Waals surface area contributed by atoms with Crippen LogP contribution >= 0.6 is 0 Å². The molecule has 3 amide bonds. The highest BCUT2D eigenvalue weighted by atomic mass is 16.7. The summed E-state index contributed by atoms with van der Waals surface area (Å²) in [4.78, 5) is 50.6. The van der Waals surface area contributed by atoms with E-state index in [4.69, 9.17) is 9.57 Å². The van der Waals surface area contributed by atoms with E-state index in [-0.39, 0.29) is 49.1 Å². The van der Waals surface area contributed by atoms with Gasteiger partial charge in [-0.15, -0.1) is 0 Å². The molecular formula is C32H37N3O6. The average molecular weight is 560 g/mol. The lowest BCUT2D eigenvalue weighted by Gasteiger charge is -2.53. The third-order valence-corrected chi connectivity index (χ3v) is 7.71. The molecule has 0 saturated carbocycles. The fourth-order valence-electron chi connectivity index (χ4n) is 5.64. The minimum Gasteiger partial charge on any atom is -0.508 e. The zero-order chi connectivity index (χ0) is 29.3. The molecule has 0 radical (unpaired) electrons. The second-order valence-corrected chi connectivity index (χ2v) is 11.4. The third kappa shape index (κ3) is 5.86. The van der Waals surface area contributed by atoms with Gasteiger partial charge in [-0.1, -0.05) is 68.4 Å². The first-order valence-corrected chi connectivity index (χ1v) is 14.1. The number of ether oxygens (including phenoxy) is 1. The zero-order valence-corrected chi connectivity index (χ0v) is 23.9. The summed E-state index contributed by atoms with van der Waals surface area (Å²) < 4.78 is 5.80. The first-order valence-electron chi connectivity index (χ1n) is 14.1. The Morgan fingerprint density at radius 1 is 0.976 bits per heavy atom. The van der Waals surface area contributed by atoms with E-state index in [2.05, 4.69) is 0 Å². The predicted octanol–water partition coefficient (Wildman–Crippen LogP) is 4.86. The fraction of sp³-hybridized carbons (Fsp3) is 0.406. The van der Waals surface area contributed by atoms with E-state index >= 15 is 0 Å². The van der Waals surface area contributed by atoms with Gasteiger partial charge in [0.25, 0.3) is 5.91 Å². The summed E-state index contributed by atoms with van der Waals surface area (Å²) in [5, 5.41) is 12.9. The van der Waals surface area contributed by atoms with Crippen LogP contribution in [0.1, 0.15) is 45.2 Å². The Hall–Kier alpha value is -4.11. The summed E-state index contributed by atoms with van der Waals surface area (Å²) in [5.74, 6) is -0.281. The topological polar surface area (TPSA) is 99.6 Å². The van der Waals surface area contributed by atoms with Gasteiger partial charge in [-0.2, -0.15) is 5.06 Å². The lowest BCUT2D eigenvalue weighted by molar-refractivity contribution is -0.269. The first kappa shape index (κ1) is 28.4. The van der Waals surface area contributed by atoms with E-state index in [9.17, 15) is 19.5 Å². The van der Waals surface area contributed by atoms with Crippen LogP contribution in [0.15, 0.2) is 66.7 Å². The molecule has 0 unspecified atom stereocenters. The van der Waals surface area contributed by atoms with Gasteiger partial charge in [0, 0.05) is 12.5 Å². The van der Waals surface area contributed by atoms with E-state index < -0.39 is 24.4 Å². The maximum Gasteiger partial charge on any atom is 0.436 e. The average Bonchev–Trinajstić information content (AvgIpc) is 2.95. The number of fused-ring (bicyclic) bond motifs is 2. The number of piperazine rings is 1. The number of rotatable bonds is 7. The fourth-order valence-corrected chi connectivity index (χ4v) is 5.64. The summed E-state index contributed by atoms with van der Waals surface area (Å²) in [6, 6.07) is 19.3. The number of phenolic OH excluding ortho intramolecular Hbond substituents is 1. The molecule has 0 bridgehead atoms. The molecule has 9 nitrogen and oxygen atoms in total. The lowest BCUT2D eigenvalue weighted by atomic mass is 9.96. The molecule has 3 aromatic rings. The van der Waals surface area contributed by atoms with Gasteiger partial charge >= 0.3 is 6.09 Å². The standard InChI is InChI=1S/C32H37N3O6/c1-20(2)16-28-31(38)34-27(17-22-12-14-25(36)15-13-22)30(37)33(21(3)4)18-29(34)35(41-28)32(39)40-19-24-10-7-9-23-8-5-6-11-26(23)24/h5-15,20-21,27-29,36H,16-19H2,1-4H3/t27-,28-,29-/m0/s1. The number of nitrogens with zero attached hydrogens (tertiary/aromatic N) is 3. The van der Waals surface area contributed by atoms with Gasteiger partial charge in [0.2, 0.25) is 5.91 Å². The molecule has 41 heavy (non-hydrogen) atoms. The number of hydroxylamine groups is 2. The maximum atomic E-state index is 13.9. The monoisotopic (exact) mass is 559 g/mol. The highest BCUT2D eigenvalue weighted by Crippen LogP contribution is 2.32. The van der Waals surface area contributed by atoms with Crippen LogP contribution < -0.4 is 0 Å². The van der Waals surface area contributed by atoms with Crippen LogP contribution in [-0.2, 0) is 32.2 Å². The number of amides is 3. The van der Waals surface area contributed by atoms with Crippen molar-refractivity contribution < 1.29 is 29.1 Å². The number of benzene rings is 3. The van der Waals surface area contributed by atoms with Crippen molar-refractivity contribution in [1.29, 1.82) is 0 Å². The Balaban J connectivity index is 1.46. The summed E-state index contributed by atoms with van der Waals surface area (Å²) in [5.41, 5.74) is 1.64. The van der Waals surface area contributed by atoms with Crippen LogP contribution in [0.25, 0.3) is 10.8 Å². The maximum absolute atomic E-state index is 13.9. The van der Waals surface area contributed by atoms with Gasteiger partial charge in [0.15, 0.2) is 12.3 Å². The third-order valence-electron chi connectivity index (χ3n) is 7.71. The molecular weight excluding hydrogens is 522 g/mol. The van der Waals surface area contributed by atoms with E-state index in [1.54, 1.807) is 29.2 Å². The van der Waals surface area contributed by atoms with Gasteiger partial charge in [0.05, 0.1) is 6.54 Å². The Labute approximate surface area is 240 Å². The van der Waals surface area contributed by atoms with Crippen LogP contribution in [0.3, 0.4) is 0 Å². The van der Waals surface area contributed by atoms with Crippen molar-refractivity contribution in [3.05, 3.63) is 77.9 Å². The number of carbonyl (C=O) groups is 3. The molecule has 2 aliphatic heterocycles. The largest absolute Gasteiger partial charge is 0.508 e. The van der Waals surface area contributed by atoms with Crippen molar-refractivity contribution in [2.45, 2.75) is 71.5 Å². The molecule has 216 valence electrons. The Morgan fingerprint density at radius 2 is 1.68 bits per heavy atom. The molecule has 2 fully saturated rings. The van der Waals surface area contributed by atoms with Gasteiger partial charge in [-0.25, -0.2) is 4.79 Å². The number of hydrogen-bond donors (Lipinski definition) is 1. The van der Waals surface area contributed by atoms with Crippen LogP contribution in [0.4, 0.5) is 4.79 Å². The predicted molar refractivity (Wildman–Crippen MR) is 153 cm³/mol. The van der Waals surface area contributed by atoms with Crippen molar-refractivity contribution in [3.63, 3.8) is 0 Å². The molecule has 0 aliphatic carbocycles. The zero-order valence-electron chi connectivity index (χ0n) is 23.9. The van der Waals surface area contributed by atoms with Gasteiger partial charge in [-0.3, -0.25) is 14.4 Å². The molecule has 2 heterocycles. The second-order valence-electron chi connectivity index (χ2n) is 11.4. The molecule has 3 aromatic carbocycles. The molecule has 2 saturated heterocycles.